The van der Waals surface area contributed by atoms with E-state index in [1.807, 2.05) is 18.2 Å². The summed E-state index contributed by atoms with van der Waals surface area (Å²) in [6, 6.07) is 8.15. The second-order valence-corrected chi connectivity index (χ2v) is 8.61. The lowest BCUT2D eigenvalue weighted by atomic mass is 9.84. The number of ether oxygens (including phenoxy) is 1. The molecule has 1 aliphatic carbocycles. The Morgan fingerprint density at radius 2 is 1.77 bits per heavy atom. The number of amides is 3. The van der Waals surface area contributed by atoms with Gasteiger partial charge in [0, 0.05) is 24.7 Å². The van der Waals surface area contributed by atoms with E-state index in [2.05, 4.69) is 5.32 Å². The number of rotatable bonds is 4. The maximum Gasteiger partial charge on any atom is 0.254 e. The molecule has 1 N–H and O–H groups in total. The molecule has 0 aromatic heterocycles. The lowest BCUT2D eigenvalue weighted by molar-refractivity contribution is -0.140. The van der Waals surface area contributed by atoms with Gasteiger partial charge in [-0.3, -0.25) is 14.4 Å². The van der Waals surface area contributed by atoms with Gasteiger partial charge in [-0.25, -0.2) is 0 Å². The Morgan fingerprint density at radius 1 is 1.07 bits per heavy atom. The molecule has 3 amide bonds. The minimum absolute atomic E-state index is 0.0858. The van der Waals surface area contributed by atoms with E-state index in [0.717, 1.165) is 25.7 Å². The fourth-order valence-electron chi connectivity index (χ4n) is 5.14. The average Bonchev–Trinajstić information content (AvgIpc) is 3.19. The van der Waals surface area contributed by atoms with Crippen molar-refractivity contribution >= 4 is 17.7 Å². The lowest BCUT2D eigenvalue weighted by Gasteiger charge is -2.34. The number of benzene rings is 1. The smallest absolute Gasteiger partial charge is 0.254 e. The second-order valence-electron chi connectivity index (χ2n) is 8.61. The van der Waals surface area contributed by atoms with E-state index in [1.165, 1.54) is 0 Å². The van der Waals surface area contributed by atoms with Crippen molar-refractivity contribution < 1.29 is 19.1 Å². The molecular weight excluding hydrogens is 382 g/mol. The first-order chi connectivity index (χ1) is 14.6. The highest BCUT2D eigenvalue weighted by atomic mass is 16.5. The Balaban J connectivity index is 1.49. The predicted octanol–water partition coefficient (Wildman–Crippen LogP) is 1.82. The molecule has 0 spiro atoms. The van der Waals surface area contributed by atoms with Crippen LogP contribution in [0.3, 0.4) is 0 Å². The van der Waals surface area contributed by atoms with Crippen LogP contribution in [-0.4, -0.2) is 72.0 Å². The van der Waals surface area contributed by atoms with Gasteiger partial charge in [-0.15, -0.1) is 0 Å². The predicted molar refractivity (Wildman–Crippen MR) is 112 cm³/mol. The van der Waals surface area contributed by atoms with Gasteiger partial charge in [0.1, 0.15) is 12.1 Å². The molecule has 162 valence electrons. The second kappa shape index (κ2) is 9.16. The van der Waals surface area contributed by atoms with Crippen molar-refractivity contribution in [3.63, 3.8) is 0 Å². The number of hydrogen-bond acceptors (Lipinski definition) is 4. The summed E-state index contributed by atoms with van der Waals surface area (Å²) in [5, 5.41) is 2.90. The van der Waals surface area contributed by atoms with Gasteiger partial charge in [-0.05, 0) is 44.2 Å². The molecule has 4 atom stereocenters. The highest BCUT2D eigenvalue weighted by Gasteiger charge is 2.47. The first kappa shape index (κ1) is 20.8. The van der Waals surface area contributed by atoms with Gasteiger partial charge >= 0.3 is 0 Å². The molecule has 3 aliphatic rings. The summed E-state index contributed by atoms with van der Waals surface area (Å²) in [7, 11) is 0. The van der Waals surface area contributed by atoms with Gasteiger partial charge in [0.2, 0.25) is 11.8 Å². The zero-order valence-corrected chi connectivity index (χ0v) is 17.6. The zero-order chi connectivity index (χ0) is 21.1. The molecular formula is C23H31N3O4. The van der Waals surface area contributed by atoms with Crippen LogP contribution in [-0.2, 0) is 14.3 Å². The van der Waals surface area contributed by atoms with E-state index in [1.54, 1.807) is 28.9 Å². The standard InChI is InChI=1S/C23H31N3O4/c1-16(22(28)25-11-13-30-14-12-25)24-21(27)20-15-18-9-5-6-10-19(18)26(20)23(29)17-7-3-2-4-8-17/h2-4,7-8,16,18-20H,5-6,9-15H2,1H3,(H,24,27). The van der Waals surface area contributed by atoms with E-state index in [9.17, 15) is 14.4 Å². The van der Waals surface area contributed by atoms with Crippen molar-refractivity contribution in [1.29, 1.82) is 0 Å². The third-order valence-corrected chi connectivity index (χ3v) is 6.70. The fourth-order valence-corrected chi connectivity index (χ4v) is 5.14. The molecule has 1 aromatic carbocycles. The molecule has 2 saturated heterocycles. The summed E-state index contributed by atoms with van der Waals surface area (Å²) < 4.78 is 5.30. The van der Waals surface area contributed by atoms with Crippen molar-refractivity contribution in [3.05, 3.63) is 35.9 Å². The van der Waals surface area contributed by atoms with E-state index in [-0.39, 0.29) is 23.8 Å². The van der Waals surface area contributed by atoms with Gasteiger partial charge in [0.15, 0.2) is 0 Å². The quantitative estimate of drug-likeness (QED) is 0.817. The maximum atomic E-state index is 13.3. The first-order valence-electron chi connectivity index (χ1n) is 11.1. The summed E-state index contributed by atoms with van der Waals surface area (Å²) in [6.07, 6.45) is 4.90. The van der Waals surface area contributed by atoms with Gasteiger partial charge in [-0.1, -0.05) is 31.0 Å². The number of likely N-dealkylation sites (tertiary alicyclic amines) is 1. The van der Waals surface area contributed by atoms with Gasteiger partial charge in [-0.2, -0.15) is 0 Å². The highest BCUT2D eigenvalue weighted by Crippen LogP contribution is 2.40. The number of morpholine rings is 1. The van der Waals surface area contributed by atoms with Crippen LogP contribution in [0.15, 0.2) is 30.3 Å². The van der Waals surface area contributed by atoms with Crippen LogP contribution in [0.2, 0.25) is 0 Å². The minimum Gasteiger partial charge on any atom is -0.378 e. The fraction of sp³-hybridized carbons (Fsp3) is 0.609. The summed E-state index contributed by atoms with van der Waals surface area (Å²) in [4.78, 5) is 42.8. The third-order valence-electron chi connectivity index (χ3n) is 6.70. The van der Waals surface area contributed by atoms with Crippen molar-refractivity contribution in [3.8, 4) is 0 Å². The normalized spacial score (nSPS) is 27.3. The van der Waals surface area contributed by atoms with Crippen LogP contribution in [0.5, 0.6) is 0 Å². The molecule has 4 rings (SSSR count). The minimum atomic E-state index is -0.619. The van der Waals surface area contributed by atoms with Crippen LogP contribution in [0, 0.1) is 5.92 Å². The average molecular weight is 414 g/mol. The molecule has 2 heterocycles. The third kappa shape index (κ3) is 4.21. The number of nitrogens with one attached hydrogen (secondary N) is 1. The van der Waals surface area contributed by atoms with E-state index >= 15 is 0 Å². The topological polar surface area (TPSA) is 79.0 Å². The Kier molecular flexibility index (Phi) is 6.37. The summed E-state index contributed by atoms with van der Waals surface area (Å²) in [5.74, 6) is -0.0458. The van der Waals surface area contributed by atoms with Crippen LogP contribution < -0.4 is 5.32 Å². The molecule has 1 aromatic rings. The molecule has 0 radical (unpaired) electrons. The maximum absolute atomic E-state index is 13.3. The Bertz CT molecular complexity index is 778. The Hall–Kier alpha value is -2.41. The number of carbonyl (C=O) groups excluding carboxylic acids is 3. The molecule has 4 unspecified atom stereocenters. The van der Waals surface area contributed by atoms with Crippen LogP contribution in [0.1, 0.15) is 49.4 Å². The van der Waals surface area contributed by atoms with Gasteiger partial charge < -0.3 is 19.9 Å². The first-order valence-corrected chi connectivity index (χ1v) is 11.1. The van der Waals surface area contributed by atoms with Crippen LogP contribution >= 0.6 is 0 Å². The zero-order valence-electron chi connectivity index (χ0n) is 17.6. The molecule has 30 heavy (non-hydrogen) atoms. The monoisotopic (exact) mass is 413 g/mol. The van der Waals surface area contributed by atoms with Crippen molar-refractivity contribution in [2.75, 3.05) is 26.3 Å². The van der Waals surface area contributed by atoms with E-state index in [0.29, 0.717) is 44.2 Å². The molecule has 2 aliphatic heterocycles. The highest BCUT2D eigenvalue weighted by molar-refractivity contribution is 5.99. The molecule has 7 nitrogen and oxygen atoms in total. The van der Waals surface area contributed by atoms with E-state index in [4.69, 9.17) is 4.74 Å². The van der Waals surface area contributed by atoms with Gasteiger partial charge in [0.25, 0.3) is 5.91 Å². The lowest BCUT2D eigenvalue weighted by Crippen LogP contribution is -2.55. The molecule has 0 bridgehead atoms. The number of carbonyl (C=O) groups is 3. The number of nitrogens with zero attached hydrogens (tertiary/aromatic N) is 2. The van der Waals surface area contributed by atoms with Crippen LogP contribution in [0.4, 0.5) is 0 Å². The molecule has 7 heteroatoms. The van der Waals surface area contributed by atoms with Crippen molar-refractivity contribution in [1.82, 2.24) is 15.1 Å². The molecule has 3 fully saturated rings. The van der Waals surface area contributed by atoms with E-state index < -0.39 is 12.1 Å². The van der Waals surface area contributed by atoms with Crippen molar-refractivity contribution in [2.24, 2.45) is 5.92 Å². The summed E-state index contributed by atoms with van der Waals surface area (Å²) in [6.45, 7) is 3.87. The molecule has 1 saturated carbocycles. The van der Waals surface area contributed by atoms with Gasteiger partial charge in [0.05, 0.1) is 13.2 Å². The Labute approximate surface area is 177 Å². The summed E-state index contributed by atoms with van der Waals surface area (Å²) >= 11 is 0. The van der Waals surface area contributed by atoms with Crippen molar-refractivity contribution in [2.45, 2.75) is 57.2 Å². The number of fused-ring (bicyclic) bond motifs is 1. The number of hydrogen-bond donors (Lipinski definition) is 1. The van der Waals surface area contributed by atoms with Crippen LogP contribution in [0.25, 0.3) is 0 Å². The largest absolute Gasteiger partial charge is 0.378 e. The Morgan fingerprint density at radius 3 is 2.50 bits per heavy atom. The summed E-state index contributed by atoms with van der Waals surface area (Å²) in [5.41, 5.74) is 0.610. The SMILES string of the molecule is CC(NC(=O)C1CC2CCCCC2N1C(=O)c1ccccc1)C(=O)N1CCOCC1.